The molecule has 1 heterocycles. The van der Waals surface area contributed by atoms with Crippen LogP contribution in [0.15, 0.2) is 30.3 Å². The Morgan fingerprint density at radius 1 is 1.26 bits per heavy atom. The predicted molar refractivity (Wildman–Crippen MR) is 111 cm³/mol. The molecule has 1 aliphatic carbocycles. The van der Waals surface area contributed by atoms with Crippen molar-refractivity contribution in [1.82, 2.24) is 14.7 Å². The largest absolute Gasteiger partial charge is 0.363 e. The second kappa shape index (κ2) is 8.15. The second-order valence-electron chi connectivity index (χ2n) is 7.89. The summed E-state index contributed by atoms with van der Waals surface area (Å²) < 4.78 is 1.93. The molecule has 3 rings (SSSR count). The molecule has 5 heteroatoms. The first-order valence-electron chi connectivity index (χ1n) is 10.0. The van der Waals surface area contributed by atoms with Crippen molar-refractivity contribution < 1.29 is 4.79 Å². The number of benzene rings is 1. The molecule has 0 bridgehead atoms. The number of rotatable bonds is 7. The Kier molecular flexibility index (Phi) is 5.88. The number of amides is 1. The number of hydrogen-bond acceptors (Lipinski definition) is 3. The summed E-state index contributed by atoms with van der Waals surface area (Å²) in [6.45, 7) is 4.92. The van der Waals surface area contributed by atoms with Crippen molar-refractivity contribution in [3.63, 3.8) is 0 Å². The fourth-order valence-electron chi connectivity index (χ4n) is 3.82. The molecule has 0 aliphatic heterocycles. The zero-order valence-corrected chi connectivity index (χ0v) is 17.3. The van der Waals surface area contributed by atoms with Crippen LogP contribution in [-0.4, -0.2) is 40.7 Å². The Balaban J connectivity index is 2.03. The van der Waals surface area contributed by atoms with E-state index >= 15 is 0 Å². The summed E-state index contributed by atoms with van der Waals surface area (Å²) in [6.07, 6.45) is 4.20. The molecule has 5 nitrogen and oxygen atoms in total. The van der Waals surface area contributed by atoms with E-state index in [-0.39, 0.29) is 12.0 Å². The van der Waals surface area contributed by atoms with Gasteiger partial charge in [0.15, 0.2) is 0 Å². The predicted octanol–water partition coefficient (Wildman–Crippen LogP) is 4.08. The highest BCUT2D eigenvalue weighted by molar-refractivity contribution is 5.81. The molecular weight excluding hydrogens is 336 g/mol. The van der Waals surface area contributed by atoms with E-state index in [1.807, 2.05) is 44.0 Å². The molecule has 1 amide bonds. The van der Waals surface area contributed by atoms with E-state index in [9.17, 15) is 4.79 Å². The van der Waals surface area contributed by atoms with Crippen molar-refractivity contribution in [2.45, 2.75) is 52.1 Å². The lowest BCUT2D eigenvalue weighted by Gasteiger charge is -2.35. The van der Waals surface area contributed by atoms with Gasteiger partial charge in [0.1, 0.15) is 5.82 Å². The van der Waals surface area contributed by atoms with E-state index < -0.39 is 0 Å². The van der Waals surface area contributed by atoms with Crippen LogP contribution >= 0.6 is 0 Å². The lowest BCUT2D eigenvalue weighted by Crippen LogP contribution is -2.43. The van der Waals surface area contributed by atoms with Crippen LogP contribution in [0.25, 0.3) is 11.3 Å². The topological polar surface area (TPSA) is 41.4 Å². The Labute approximate surface area is 163 Å². The molecule has 1 saturated carbocycles. The van der Waals surface area contributed by atoms with Crippen molar-refractivity contribution in [2.24, 2.45) is 13.0 Å². The van der Waals surface area contributed by atoms with Crippen LogP contribution in [0.2, 0.25) is 0 Å². The zero-order valence-electron chi connectivity index (χ0n) is 17.3. The Morgan fingerprint density at radius 2 is 1.93 bits per heavy atom. The molecule has 1 aromatic heterocycles. The van der Waals surface area contributed by atoms with Gasteiger partial charge in [-0.05, 0) is 26.2 Å². The number of aryl methyl sites for hydroxylation is 1. The van der Waals surface area contributed by atoms with Gasteiger partial charge < -0.3 is 9.80 Å². The van der Waals surface area contributed by atoms with Gasteiger partial charge in [0.25, 0.3) is 0 Å². The van der Waals surface area contributed by atoms with Crippen molar-refractivity contribution in [3.8, 4) is 11.3 Å². The number of carbonyl (C=O) groups is 1. The maximum atomic E-state index is 13.2. The van der Waals surface area contributed by atoms with E-state index in [2.05, 4.69) is 35.8 Å². The zero-order chi connectivity index (χ0) is 19.6. The molecule has 0 spiro atoms. The minimum absolute atomic E-state index is 0.207. The molecule has 1 aliphatic rings. The van der Waals surface area contributed by atoms with Gasteiger partial charge in [-0.1, -0.05) is 43.7 Å². The Morgan fingerprint density at radius 3 is 2.44 bits per heavy atom. The molecule has 2 aromatic rings. The number of anilines is 1. The molecule has 27 heavy (non-hydrogen) atoms. The first-order chi connectivity index (χ1) is 12.9. The number of nitrogens with zero attached hydrogens (tertiary/aromatic N) is 4. The number of aromatic nitrogens is 2. The molecule has 0 saturated heterocycles. The van der Waals surface area contributed by atoms with E-state index in [4.69, 9.17) is 5.10 Å². The molecule has 1 aromatic carbocycles. The average molecular weight is 369 g/mol. The third-order valence-electron chi connectivity index (χ3n) is 5.77. The molecular formula is C22H32N4O. The minimum atomic E-state index is 0.207. The molecule has 1 fully saturated rings. The maximum absolute atomic E-state index is 13.2. The van der Waals surface area contributed by atoms with Crippen molar-refractivity contribution >= 4 is 11.7 Å². The summed E-state index contributed by atoms with van der Waals surface area (Å²) in [7, 11) is 6.06. The van der Waals surface area contributed by atoms with Gasteiger partial charge in [-0.3, -0.25) is 9.48 Å². The van der Waals surface area contributed by atoms with Gasteiger partial charge in [-0.15, -0.1) is 0 Å². The molecule has 0 unspecified atom stereocenters. The van der Waals surface area contributed by atoms with Gasteiger partial charge in [-0.25, -0.2) is 0 Å². The highest BCUT2D eigenvalue weighted by atomic mass is 16.2. The summed E-state index contributed by atoms with van der Waals surface area (Å²) >= 11 is 0. The Bertz CT molecular complexity index is 777. The highest BCUT2D eigenvalue weighted by Gasteiger charge is 2.33. The lowest BCUT2D eigenvalue weighted by molar-refractivity contribution is -0.141. The van der Waals surface area contributed by atoms with Gasteiger partial charge in [0, 0.05) is 44.2 Å². The molecule has 1 atom stereocenters. The first kappa shape index (κ1) is 19.5. The summed E-state index contributed by atoms with van der Waals surface area (Å²) in [4.78, 5) is 17.3. The lowest BCUT2D eigenvalue weighted by atomic mass is 9.84. The van der Waals surface area contributed by atoms with Crippen molar-refractivity contribution in [1.29, 1.82) is 0 Å². The number of carbonyl (C=O) groups excluding carboxylic acids is 1. The summed E-state index contributed by atoms with van der Waals surface area (Å²) in [5.74, 6) is 1.57. The van der Waals surface area contributed by atoms with Gasteiger partial charge in [0.05, 0.1) is 12.2 Å². The van der Waals surface area contributed by atoms with Crippen LogP contribution in [0.1, 0.15) is 45.1 Å². The summed E-state index contributed by atoms with van der Waals surface area (Å²) in [6, 6.07) is 10.5. The Hall–Kier alpha value is -2.30. The third-order valence-corrected chi connectivity index (χ3v) is 5.77. The van der Waals surface area contributed by atoms with Crippen LogP contribution < -0.4 is 4.90 Å². The number of hydrogen-bond donors (Lipinski definition) is 0. The standard InChI is InChI=1S/C22H32N4O/c1-6-16(2)26(22(27)18-13-10-14-18)15-19-20(17-11-8-7-9-12-17)23-25(5)21(19)24(3)4/h7-9,11-12,16,18H,6,10,13-15H2,1-5H3/t16-/m1/s1. The second-order valence-corrected chi connectivity index (χ2v) is 7.89. The average Bonchev–Trinajstić information content (AvgIpc) is 2.94. The molecule has 0 N–H and O–H groups in total. The van der Waals surface area contributed by atoms with Crippen LogP contribution in [0.4, 0.5) is 5.82 Å². The van der Waals surface area contributed by atoms with Gasteiger partial charge in [0.2, 0.25) is 5.91 Å². The fourth-order valence-corrected chi connectivity index (χ4v) is 3.82. The van der Waals surface area contributed by atoms with E-state index in [1.165, 1.54) is 6.42 Å². The minimum Gasteiger partial charge on any atom is -0.363 e. The highest BCUT2D eigenvalue weighted by Crippen LogP contribution is 2.34. The molecule has 146 valence electrons. The van der Waals surface area contributed by atoms with Crippen LogP contribution in [-0.2, 0) is 18.4 Å². The smallest absolute Gasteiger partial charge is 0.226 e. The molecule has 0 radical (unpaired) electrons. The summed E-state index contributed by atoms with van der Waals surface area (Å²) in [5.41, 5.74) is 3.19. The van der Waals surface area contributed by atoms with Crippen LogP contribution in [0.5, 0.6) is 0 Å². The van der Waals surface area contributed by atoms with E-state index in [0.29, 0.717) is 12.5 Å². The monoisotopic (exact) mass is 368 g/mol. The SMILES string of the molecule is CC[C@@H](C)N(Cc1c(-c2ccccc2)nn(C)c1N(C)C)C(=O)C1CCC1. The normalized spacial score (nSPS) is 15.3. The fraction of sp³-hybridized carbons (Fsp3) is 0.545. The van der Waals surface area contributed by atoms with Crippen molar-refractivity contribution in [2.75, 3.05) is 19.0 Å². The maximum Gasteiger partial charge on any atom is 0.226 e. The van der Waals surface area contributed by atoms with Gasteiger partial charge in [-0.2, -0.15) is 5.10 Å². The third kappa shape index (κ3) is 3.87. The quantitative estimate of drug-likeness (QED) is 0.739. The van der Waals surface area contributed by atoms with E-state index in [1.54, 1.807) is 0 Å². The summed E-state index contributed by atoms with van der Waals surface area (Å²) in [5, 5.41) is 4.82. The van der Waals surface area contributed by atoms with Crippen LogP contribution in [0, 0.1) is 5.92 Å². The van der Waals surface area contributed by atoms with E-state index in [0.717, 1.165) is 41.9 Å². The first-order valence-corrected chi connectivity index (χ1v) is 10.0. The van der Waals surface area contributed by atoms with Crippen LogP contribution in [0.3, 0.4) is 0 Å². The van der Waals surface area contributed by atoms with Crippen molar-refractivity contribution in [3.05, 3.63) is 35.9 Å². The van der Waals surface area contributed by atoms with Gasteiger partial charge >= 0.3 is 0 Å².